The molecule has 34 heavy (non-hydrogen) atoms. The average Bonchev–Trinajstić information content (AvgIpc) is 2.87. The van der Waals surface area contributed by atoms with Gasteiger partial charge in [0.25, 0.3) is 5.91 Å². The van der Waals surface area contributed by atoms with Gasteiger partial charge in [0.15, 0.2) is 0 Å². The van der Waals surface area contributed by atoms with E-state index in [0.717, 1.165) is 29.8 Å². The number of amides is 2. The molecule has 0 aromatic heterocycles. The van der Waals surface area contributed by atoms with E-state index in [0.29, 0.717) is 30.9 Å². The summed E-state index contributed by atoms with van der Waals surface area (Å²) in [5.74, 6) is -0.403. The molecule has 2 aromatic rings. The minimum Gasteiger partial charge on any atom is -0.444 e. The number of nitrogens with zero attached hydrogens (tertiary/aromatic N) is 2. The number of hydrogen-bond donors (Lipinski definition) is 4. The molecule has 0 atom stereocenters. The van der Waals surface area contributed by atoms with Crippen LogP contribution >= 0.6 is 0 Å². The van der Waals surface area contributed by atoms with Gasteiger partial charge in [0.1, 0.15) is 6.61 Å². The van der Waals surface area contributed by atoms with Crippen molar-refractivity contribution in [1.29, 1.82) is 0 Å². The van der Waals surface area contributed by atoms with Crippen LogP contribution < -0.4 is 20.6 Å². The standard InChI is InChI=1S/C24H30N4O6/c1-33-26-20-12-16(23(31)25-18(13-29)14-30)6-7-22(20)27-10-8-19(9-11-27)28-21-5-3-2-4-17(21)15-34-24(28)32/h2-7,12,18-19,26,29-30H,8-11,13-15H2,1H3,(H,25,31). The molecule has 10 nitrogen and oxygen atoms in total. The van der Waals surface area contributed by atoms with Crippen LogP contribution in [0.5, 0.6) is 0 Å². The summed E-state index contributed by atoms with van der Waals surface area (Å²) in [4.78, 5) is 34.2. The van der Waals surface area contributed by atoms with Gasteiger partial charge in [-0.05, 0) is 37.1 Å². The third kappa shape index (κ3) is 4.93. The summed E-state index contributed by atoms with van der Waals surface area (Å²) in [7, 11) is 1.50. The molecule has 4 N–H and O–H groups in total. The predicted molar refractivity (Wildman–Crippen MR) is 127 cm³/mol. The number of carbonyl (C=O) groups is 2. The summed E-state index contributed by atoms with van der Waals surface area (Å²) in [6.45, 7) is 1.00. The van der Waals surface area contributed by atoms with Gasteiger partial charge < -0.3 is 25.2 Å². The molecular weight excluding hydrogens is 440 g/mol. The van der Waals surface area contributed by atoms with Crippen LogP contribution in [0.4, 0.5) is 21.9 Å². The Morgan fingerprint density at radius 1 is 1.15 bits per heavy atom. The SMILES string of the molecule is CONc1cc(C(=O)NC(CO)CO)ccc1N1CCC(N2C(=O)OCc3ccccc32)CC1. The van der Waals surface area contributed by atoms with Gasteiger partial charge in [0.2, 0.25) is 0 Å². The molecule has 4 rings (SSSR count). The van der Waals surface area contributed by atoms with Crippen LogP contribution in [0.2, 0.25) is 0 Å². The van der Waals surface area contributed by atoms with Gasteiger partial charge in [-0.3, -0.25) is 20.0 Å². The van der Waals surface area contributed by atoms with Crippen molar-refractivity contribution < 1.29 is 29.4 Å². The fourth-order valence-corrected chi connectivity index (χ4v) is 4.45. The second-order valence-electron chi connectivity index (χ2n) is 8.35. The number of ether oxygens (including phenoxy) is 1. The van der Waals surface area contributed by atoms with E-state index in [-0.39, 0.29) is 25.3 Å². The molecule has 182 valence electrons. The number of rotatable bonds is 8. The van der Waals surface area contributed by atoms with Crippen LogP contribution in [-0.2, 0) is 16.2 Å². The molecule has 0 bridgehead atoms. The van der Waals surface area contributed by atoms with E-state index in [1.54, 1.807) is 17.0 Å². The molecule has 1 saturated heterocycles. The Labute approximate surface area is 198 Å². The lowest BCUT2D eigenvalue weighted by Gasteiger charge is -2.41. The number of carbonyl (C=O) groups excluding carboxylic acids is 2. The lowest BCUT2D eigenvalue weighted by Crippen LogP contribution is -2.49. The van der Waals surface area contributed by atoms with Crippen LogP contribution in [0.15, 0.2) is 42.5 Å². The molecule has 2 aromatic carbocycles. The summed E-state index contributed by atoms with van der Waals surface area (Å²) in [6, 6.07) is 12.3. The molecule has 2 heterocycles. The Kier molecular flexibility index (Phi) is 7.51. The highest BCUT2D eigenvalue weighted by Gasteiger charge is 2.34. The third-order valence-corrected chi connectivity index (χ3v) is 6.22. The highest BCUT2D eigenvalue weighted by atomic mass is 16.6. The lowest BCUT2D eigenvalue weighted by atomic mass is 9.99. The molecule has 0 spiro atoms. The molecule has 0 unspecified atom stereocenters. The van der Waals surface area contributed by atoms with Crippen LogP contribution in [0.3, 0.4) is 0 Å². The lowest BCUT2D eigenvalue weighted by molar-refractivity contribution is 0.0879. The molecule has 10 heteroatoms. The maximum atomic E-state index is 12.6. The molecule has 2 aliphatic rings. The Bertz CT molecular complexity index is 1020. The van der Waals surface area contributed by atoms with E-state index in [9.17, 15) is 19.8 Å². The number of benzene rings is 2. The van der Waals surface area contributed by atoms with Crippen molar-refractivity contribution in [2.24, 2.45) is 0 Å². The number of aliphatic hydroxyl groups is 2. The first-order chi connectivity index (χ1) is 16.5. The van der Waals surface area contributed by atoms with Crippen LogP contribution in [-0.4, -0.2) is 67.7 Å². The fourth-order valence-electron chi connectivity index (χ4n) is 4.45. The number of aliphatic hydroxyl groups excluding tert-OH is 2. The second-order valence-corrected chi connectivity index (χ2v) is 8.35. The third-order valence-electron chi connectivity index (χ3n) is 6.22. The first-order valence-corrected chi connectivity index (χ1v) is 11.3. The number of para-hydroxylation sites is 1. The van der Waals surface area contributed by atoms with Gasteiger partial charge in [0.05, 0.1) is 43.4 Å². The first-order valence-electron chi connectivity index (χ1n) is 11.3. The van der Waals surface area contributed by atoms with E-state index in [1.807, 2.05) is 30.3 Å². The zero-order valence-corrected chi connectivity index (χ0v) is 19.1. The minimum atomic E-state index is -0.725. The first kappa shape index (κ1) is 23.8. The zero-order chi connectivity index (χ0) is 24.1. The number of nitrogens with one attached hydrogen (secondary N) is 2. The van der Waals surface area contributed by atoms with Gasteiger partial charge >= 0.3 is 6.09 Å². The number of fused-ring (bicyclic) bond motifs is 1. The monoisotopic (exact) mass is 470 g/mol. The maximum absolute atomic E-state index is 12.6. The molecule has 2 amide bonds. The van der Waals surface area contributed by atoms with Crippen molar-refractivity contribution in [1.82, 2.24) is 5.32 Å². The topological polar surface area (TPSA) is 124 Å². The number of hydrogen-bond acceptors (Lipinski definition) is 8. The van der Waals surface area contributed by atoms with E-state index in [1.165, 1.54) is 7.11 Å². The predicted octanol–water partition coefficient (Wildman–Crippen LogP) is 1.87. The molecule has 0 radical (unpaired) electrons. The van der Waals surface area contributed by atoms with E-state index < -0.39 is 11.9 Å². The average molecular weight is 471 g/mol. The summed E-state index contributed by atoms with van der Waals surface area (Å²) in [5.41, 5.74) is 6.64. The molecule has 2 aliphatic heterocycles. The highest BCUT2D eigenvalue weighted by molar-refractivity contribution is 5.96. The van der Waals surface area contributed by atoms with Gasteiger partial charge in [-0.2, -0.15) is 0 Å². The summed E-state index contributed by atoms with van der Waals surface area (Å²) in [5, 5.41) is 21.0. The fraction of sp³-hybridized carbons (Fsp3) is 0.417. The zero-order valence-electron chi connectivity index (χ0n) is 19.1. The van der Waals surface area contributed by atoms with Crippen molar-refractivity contribution in [2.75, 3.05) is 48.7 Å². The van der Waals surface area contributed by atoms with Crippen molar-refractivity contribution in [3.63, 3.8) is 0 Å². The van der Waals surface area contributed by atoms with Crippen LogP contribution in [0, 0.1) is 0 Å². The Morgan fingerprint density at radius 3 is 2.59 bits per heavy atom. The Morgan fingerprint density at radius 2 is 1.88 bits per heavy atom. The smallest absolute Gasteiger partial charge is 0.414 e. The molecule has 0 aliphatic carbocycles. The van der Waals surface area contributed by atoms with Crippen LogP contribution in [0.1, 0.15) is 28.8 Å². The van der Waals surface area contributed by atoms with Crippen molar-refractivity contribution in [2.45, 2.75) is 31.5 Å². The highest BCUT2D eigenvalue weighted by Crippen LogP contribution is 2.34. The quantitative estimate of drug-likeness (QED) is 0.431. The molecule has 0 saturated carbocycles. The van der Waals surface area contributed by atoms with Crippen molar-refractivity contribution in [3.8, 4) is 0 Å². The van der Waals surface area contributed by atoms with E-state index in [4.69, 9.17) is 9.57 Å². The second kappa shape index (κ2) is 10.7. The number of anilines is 3. The van der Waals surface area contributed by atoms with Gasteiger partial charge in [-0.15, -0.1) is 0 Å². The molecule has 1 fully saturated rings. The largest absolute Gasteiger partial charge is 0.444 e. The maximum Gasteiger partial charge on any atom is 0.414 e. The Hall–Kier alpha value is -3.34. The minimum absolute atomic E-state index is 0.0305. The molecular formula is C24H30N4O6. The summed E-state index contributed by atoms with van der Waals surface area (Å²) >= 11 is 0. The van der Waals surface area contributed by atoms with E-state index in [2.05, 4.69) is 15.7 Å². The summed E-state index contributed by atoms with van der Waals surface area (Å²) < 4.78 is 5.39. The Balaban J connectivity index is 1.48. The van der Waals surface area contributed by atoms with Gasteiger partial charge in [0, 0.05) is 30.3 Å². The number of cyclic esters (lactones) is 1. The number of piperidine rings is 1. The van der Waals surface area contributed by atoms with Crippen molar-refractivity contribution >= 4 is 29.1 Å². The van der Waals surface area contributed by atoms with Crippen LogP contribution in [0.25, 0.3) is 0 Å². The van der Waals surface area contributed by atoms with Crippen molar-refractivity contribution in [3.05, 3.63) is 53.6 Å². The van der Waals surface area contributed by atoms with Gasteiger partial charge in [-0.25, -0.2) is 4.79 Å². The van der Waals surface area contributed by atoms with E-state index >= 15 is 0 Å². The van der Waals surface area contributed by atoms with Gasteiger partial charge in [-0.1, -0.05) is 18.2 Å². The normalized spacial score (nSPS) is 16.3. The summed E-state index contributed by atoms with van der Waals surface area (Å²) in [6.07, 6.45) is 1.21.